The van der Waals surface area contributed by atoms with E-state index in [-0.39, 0.29) is 0 Å². The van der Waals surface area contributed by atoms with Gasteiger partial charge in [0.15, 0.2) is 0 Å². The van der Waals surface area contributed by atoms with Crippen molar-refractivity contribution in [3.63, 3.8) is 0 Å². The monoisotopic (exact) mass is 116 g/mol. The lowest BCUT2D eigenvalue weighted by Gasteiger charge is -2.14. The van der Waals surface area contributed by atoms with Crippen molar-refractivity contribution >= 4 is 10.0 Å². The third-order valence-corrected chi connectivity index (χ3v) is 1.22. The van der Waals surface area contributed by atoms with Crippen molar-refractivity contribution in [2.75, 3.05) is 18.8 Å². The van der Waals surface area contributed by atoms with Crippen molar-refractivity contribution in [1.82, 2.24) is 0 Å². The Morgan fingerprint density at radius 2 is 1.57 bits per heavy atom. The average Bonchev–Trinajstić information content (AvgIpc) is 1.30. The summed E-state index contributed by atoms with van der Waals surface area (Å²) in [5.74, 6) is 2.89. The van der Waals surface area contributed by atoms with Crippen LogP contribution >= 0.6 is 10.0 Å². The van der Waals surface area contributed by atoms with E-state index in [1.54, 1.807) is 0 Å². The molecule has 0 bridgehead atoms. The lowest BCUT2D eigenvalue weighted by atomic mass is 10.8. The Morgan fingerprint density at radius 3 is 1.57 bits per heavy atom. The molecule has 0 unspecified atom stereocenters. The Morgan fingerprint density at radius 1 is 1.14 bits per heavy atom. The van der Waals surface area contributed by atoms with Crippen LogP contribution < -0.4 is 0 Å². The van der Waals surface area contributed by atoms with Gasteiger partial charge < -0.3 is 0 Å². The smallest absolute Gasteiger partial charge is 0.00186 e. The molecule has 42 valence electrons. The molecular weight excluding hydrogens is 104 g/mol. The second-order valence-corrected chi connectivity index (χ2v) is 6.07. The summed E-state index contributed by atoms with van der Waals surface area (Å²) in [6.45, 7) is 1.89. The molecule has 0 saturated carbocycles. The van der Waals surface area contributed by atoms with Gasteiger partial charge in [0.25, 0.3) is 0 Å². The van der Waals surface area contributed by atoms with Crippen molar-refractivity contribution in [3.05, 3.63) is 0 Å². The first kappa shape index (κ1) is 6.91. The predicted octanol–water partition coefficient (Wildman–Crippen LogP) is 1.66. The Balaban J connectivity index is 3.72. The van der Waals surface area contributed by atoms with E-state index < -0.39 is 10.0 Å². The topological polar surface area (TPSA) is 0 Å². The van der Waals surface area contributed by atoms with Crippen molar-refractivity contribution < 1.29 is 0 Å². The van der Waals surface area contributed by atoms with Gasteiger partial charge in [0.2, 0.25) is 0 Å². The van der Waals surface area contributed by atoms with Crippen LogP contribution in [0, 0.1) is 11.2 Å². The van der Waals surface area contributed by atoms with Gasteiger partial charge in [-0.3, -0.25) is 0 Å². The number of hydrogen-bond acceptors (Lipinski definition) is 0. The molecule has 0 aliphatic heterocycles. The Labute approximate surface area is 47.6 Å². The zero-order valence-corrected chi connectivity index (χ0v) is 6.22. The molecule has 0 fully saturated rings. The third-order valence-electron chi connectivity index (χ3n) is 0.408. The summed E-state index contributed by atoms with van der Waals surface area (Å²) in [5, 5.41) is 3.12. The third kappa shape index (κ3) is 5.91. The lowest BCUT2D eigenvalue weighted by Crippen LogP contribution is -1.83. The molecule has 1 heteroatoms. The highest BCUT2D eigenvalue weighted by molar-refractivity contribution is 8.35. The predicted molar refractivity (Wildman–Crippen MR) is 38.8 cm³/mol. The van der Waals surface area contributed by atoms with E-state index in [1.807, 2.05) is 6.92 Å². The fourth-order valence-corrected chi connectivity index (χ4v) is 0.919. The van der Waals surface area contributed by atoms with Crippen LogP contribution in [0.25, 0.3) is 0 Å². The minimum atomic E-state index is -0.535. The Hall–Kier alpha value is -0.0900. The molecule has 0 aromatic heterocycles. The molecular formula is C6H12S. The summed E-state index contributed by atoms with van der Waals surface area (Å²) < 4.78 is 0. The normalized spacial score (nSPS) is 12.0. The first-order chi connectivity index (χ1) is 3.06. The van der Waals surface area contributed by atoms with Gasteiger partial charge in [-0.05, 0) is 25.7 Å². The van der Waals surface area contributed by atoms with E-state index in [0.717, 1.165) is 0 Å². The van der Waals surface area contributed by atoms with E-state index in [9.17, 15) is 0 Å². The van der Waals surface area contributed by atoms with Crippen LogP contribution in [0.3, 0.4) is 0 Å². The minimum absolute atomic E-state index is 0.535. The average molecular weight is 116 g/mol. The molecule has 0 N–H and O–H groups in total. The van der Waals surface area contributed by atoms with Gasteiger partial charge in [-0.1, -0.05) is 11.2 Å². The Kier molecular flexibility index (Phi) is 2.25. The molecule has 0 aromatic rings. The first-order valence-corrected chi connectivity index (χ1v) is 5.04. The zero-order chi connectivity index (χ0) is 5.91. The van der Waals surface area contributed by atoms with E-state index >= 15 is 0 Å². The first-order valence-electron chi connectivity index (χ1n) is 2.18. The maximum absolute atomic E-state index is 3.12. The van der Waals surface area contributed by atoms with Crippen molar-refractivity contribution in [2.24, 2.45) is 0 Å². The van der Waals surface area contributed by atoms with Crippen LogP contribution in [-0.4, -0.2) is 18.8 Å². The van der Waals surface area contributed by atoms with Crippen LogP contribution in [0.2, 0.25) is 0 Å². The van der Waals surface area contributed by atoms with Crippen LogP contribution in [-0.2, 0) is 0 Å². The summed E-state index contributed by atoms with van der Waals surface area (Å²) in [7, 11) is -0.535. The van der Waals surface area contributed by atoms with Gasteiger partial charge >= 0.3 is 0 Å². The lowest BCUT2D eigenvalue weighted by molar-refractivity contribution is 1.93. The fraction of sp³-hybridized carbons (Fsp3) is 0.667. The number of hydrogen-bond donors (Lipinski definition) is 0. The highest BCUT2D eigenvalue weighted by atomic mass is 32.3. The van der Waals surface area contributed by atoms with Gasteiger partial charge in [0.05, 0.1) is 0 Å². The summed E-state index contributed by atoms with van der Waals surface area (Å²) in [5.41, 5.74) is 0. The second-order valence-electron chi connectivity index (χ2n) is 2.19. The summed E-state index contributed by atoms with van der Waals surface area (Å²) in [6.07, 6.45) is 6.55. The van der Waals surface area contributed by atoms with Gasteiger partial charge in [-0.2, -0.15) is 10.0 Å². The van der Waals surface area contributed by atoms with E-state index in [4.69, 9.17) is 0 Å². The molecule has 7 heavy (non-hydrogen) atoms. The van der Waals surface area contributed by atoms with Gasteiger partial charge in [0, 0.05) is 0 Å². The molecule has 0 nitrogen and oxygen atoms in total. The van der Waals surface area contributed by atoms with Crippen molar-refractivity contribution in [1.29, 1.82) is 0 Å². The summed E-state index contributed by atoms with van der Waals surface area (Å²) in [4.78, 5) is 0. The summed E-state index contributed by atoms with van der Waals surface area (Å²) in [6, 6.07) is 0. The molecule has 0 heterocycles. The fourth-order valence-electron chi connectivity index (χ4n) is 0.306. The highest BCUT2D eigenvalue weighted by Gasteiger charge is 1.93. The maximum Gasteiger partial charge on any atom is -0.00186 e. The minimum Gasteiger partial charge on any atom is -0.186 e. The van der Waals surface area contributed by atoms with Crippen molar-refractivity contribution in [2.45, 2.75) is 6.92 Å². The van der Waals surface area contributed by atoms with E-state index in [0.29, 0.717) is 0 Å². The van der Waals surface area contributed by atoms with Gasteiger partial charge in [-0.25, -0.2) is 0 Å². The molecule has 0 saturated heterocycles. The summed E-state index contributed by atoms with van der Waals surface area (Å²) >= 11 is 0. The molecule has 0 aromatic carbocycles. The molecule has 0 amide bonds. The van der Waals surface area contributed by atoms with Gasteiger partial charge in [-0.15, -0.1) is 0 Å². The zero-order valence-electron chi connectivity index (χ0n) is 5.41. The van der Waals surface area contributed by atoms with Crippen LogP contribution in [0.5, 0.6) is 0 Å². The van der Waals surface area contributed by atoms with E-state index in [2.05, 4.69) is 29.9 Å². The van der Waals surface area contributed by atoms with Crippen molar-refractivity contribution in [3.8, 4) is 11.2 Å². The Bertz CT molecular complexity index is 97.6. The molecule has 0 aliphatic rings. The molecule has 0 spiro atoms. The molecule has 0 rings (SSSR count). The quantitative estimate of drug-likeness (QED) is 0.422. The van der Waals surface area contributed by atoms with Crippen LogP contribution in [0.15, 0.2) is 0 Å². The standard InChI is InChI=1S/C6H12S/c1-5-6-7(2,3)4/h1-4H3. The molecule has 0 radical (unpaired) electrons. The van der Waals surface area contributed by atoms with Crippen LogP contribution in [0.1, 0.15) is 6.92 Å². The molecule has 0 aliphatic carbocycles. The van der Waals surface area contributed by atoms with E-state index in [1.165, 1.54) is 0 Å². The van der Waals surface area contributed by atoms with Gasteiger partial charge in [0.1, 0.15) is 0 Å². The second kappa shape index (κ2) is 2.28. The van der Waals surface area contributed by atoms with Crippen LogP contribution in [0.4, 0.5) is 0 Å². The SMILES string of the molecule is CC#CS(C)(C)C. The highest BCUT2D eigenvalue weighted by Crippen LogP contribution is 2.31. The number of rotatable bonds is 0. The maximum atomic E-state index is 3.12. The largest absolute Gasteiger partial charge is 0.186 e. The molecule has 0 atom stereocenters.